The summed E-state index contributed by atoms with van der Waals surface area (Å²) in [7, 11) is 2.75. The molecule has 2 nitrogen and oxygen atoms in total. The predicted molar refractivity (Wildman–Crippen MR) is 29.3 cm³/mol. The molecule has 0 spiro atoms. The van der Waals surface area contributed by atoms with Crippen LogP contribution in [-0.2, 0) is 4.43 Å². The Labute approximate surface area is 46.2 Å². The van der Waals surface area contributed by atoms with E-state index in [9.17, 15) is 0 Å². The molecule has 0 aromatic heterocycles. The van der Waals surface area contributed by atoms with Gasteiger partial charge in [-0.05, 0) is 12.3 Å². The Balaban J connectivity index is 3.37. The number of allylic oxidation sites excluding steroid dienone is 1. The van der Waals surface area contributed by atoms with Crippen molar-refractivity contribution in [1.29, 1.82) is 0 Å². The molecule has 0 saturated carbocycles. The second-order valence-electron chi connectivity index (χ2n) is 0.927. The van der Waals surface area contributed by atoms with Gasteiger partial charge in [0.25, 0.3) is 0 Å². The van der Waals surface area contributed by atoms with Crippen LogP contribution in [0.5, 0.6) is 0 Å². The van der Waals surface area contributed by atoms with Gasteiger partial charge in [-0.25, -0.2) is 0 Å². The van der Waals surface area contributed by atoms with Gasteiger partial charge in [0, 0.05) is 0 Å². The van der Waals surface area contributed by atoms with Crippen LogP contribution in [0, 0.1) is 0 Å². The maximum Gasteiger partial charge on any atom is 0.341 e. The molecule has 0 rings (SSSR count). The molecule has 0 aliphatic heterocycles. The fourth-order valence-corrected chi connectivity index (χ4v) is 0.209. The molecule has 0 amide bonds. The van der Waals surface area contributed by atoms with Gasteiger partial charge in [-0.15, -0.1) is 0 Å². The summed E-state index contributed by atoms with van der Waals surface area (Å²) in [6.07, 6.45) is 2.88. The van der Waals surface area contributed by atoms with E-state index in [-0.39, 0.29) is 0 Å². The quantitative estimate of drug-likeness (QED) is 0.312. The predicted octanol–water partition coefficient (Wildman–Crippen LogP) is 0.0726. The van der Waals surface area contributed by atoms with Crippen LogP contribution in [0.3, 0.4) is 0 Å². The van der Waals surface area contributed by atoms with Crippen LogP contribution in [0.2, 0.25) is 0 Å². The minimum absolute atomic E-state index is 0.485. The lowest BCUT2D eigenvalue weighted by Crippen LogP contribution is -1.82. The Bertz CT molecular complexity index is 89.7. The summed E-state index contributed by atoms with van der Waals surface area (Å²) < 4.78 is 4.43. The molecule has 0 atom stereocenters. The highest BCUT2D eigenvalue weighted by molar-refractivity contribution is 5.98. The fourth-order valence-electron chi connectivity index (χ4n) is 0.141. The Morgan fingerprint density at radius 1 is 1.86 bits per heavy atom. The van der Waals surface area contributed by atoms with Gasteiger partial charge in [0.05, 0.1) is 5.76 Å². The highest BCUT2D eigenvalue weighted by atomic mass is 28.2. The van der Waals surface area contributed by atoms with Crippen molar-refractivity contribution >= 4 is 10.5 Å². The van der Waals surface area contributed by atoms with Crippen LogP contribution in [0.15, 0.2) is 24.6 Å². The molecule has 37 valence electrons. The zero-order chi connectivity index (χ0) is 5.70. The first-order valence-corrected chi connectivity index (χ1v) is 2.13. The number of nitrogens with two attached hydrogens (primary N) is 1. The standard InChI is InChI=1S/C4H6NOSi/c1-4(6-7)2-3-5/h2-3H,1,5H2. The molecule has 3 heteroatoms. The average molecular weight is 112 g/mol. The minimum atomic E-state index is 0.485. The molecule has 0 aromatic rings. The maximum absolute atomic E-state index is 4.96. The Hall–Kier alpha value is -0.703. The van der Waals surface area contributed by atoms with E-state index in [4.69, 9.17) is 5.73 Å². The molecule has 0 aromatic carbocycles. The Kier molecular flexibility index (Phi) is 3.14. The van der Waals surface area contributed by atoms with Gasteiger partial charge in [0.2, 0.25) is 0 Å². The maximum atomic E-state index is 4.96. The minimum Gasteiger partial charge on any atom is -0.541 e. The van der Waals surface area contributed by atoms with Crippen molar-refractivity contribution in [2.75, 3.05) is 0 Å². The monoisotopic (exact) mass is 112 g/mol. The van der Waals surface area contributed by atoms with Crippen molar-refractivity contribution in [2.24, 2.45) is 5.73 Å². The summed E-state index contributed by atoms with van der Waals surface area (Å²) in [5, 5.41) is 0. The highest BCUT2D eigenvalue weighted by Crippen LogP contribution is 1.87. The van der Waals surface area contributed by atoms with Crippen molar-refractivity contribution in [3.63, 3.8) is 0 Å². The van der Waals surface area contributed by atoms with Gasteiger partial charge >= 0.3 is 10.5 Å². The van der Waals surface area contributed by atoms with Crippen molar-refractivity contribution in [3.05, 3.63) is 24.6 Å². The Morgan fingerprint density at radius 2 is 2.43 bits per heavy atom. The van der Waals surface area contributed by atoms with E-state index in [1.54, 1.807) is 0 Å². The molecule has 0 saturated heterocycles. The molecule has 0 aliphatic rings. The van der Waals surface area contributed by atoms with E-state index in [0.717, 1.165) is 0 Å². The van der Waals surface area contributed by atoms with Crippen LogP contribution in [0.25, 0.3) is 0 Å². The third-order valence-electron chi connectivity index (χ3n) is 0.413. The van der Waals surface area contributed by atoms with E-state index in [1.165, 1.54) is 12.3 Å². The SMILES string of the molecule is C=C(C=CN)O[Si]. The second-order valence-corrected chi connectivity index (χ2v) is 1.13. The molecule has 0 fully saturated rings. The number of rotatable bonds is 2. The fraction of sp³-hybridized carbons (Fsp3) is 0. The van der Waals surface area contributed by atoms with Crippen LogP contribution in [0.1, 0.15) is 0 Å². The molecule has 7 heavy (non-hydrogen) atoms. The number of hydrogen-bond donors (Lipinski definition) is 1. The first-order valence-electron chi connectivity index (χ1n) is 1.72. The topological polar surface area (TPSA) is 35.2 Å². The first-order chi connectivity index (χ1) is 3.31. The van der Waals surface area contributed by atoms with Gasteiger partial charge in [0.1, 0.15) is 0 Å². The third kappa shape index (κ3) is 3.12. The summed E-state index contributed by atoms with van der Waals surface area (Å²) >= 11 is 0. The zero-order valence-electron chi connectivity index (χ0n) is 3.85. The summed E-state index contributed by atoms with van der Waals surface area (Å²) in [4.78, 5) is 0. The van der Waals surface area contributed by atoms with E-state index < -0.39 is 0 Å². The number of hydrogen-bond acceptors (Lipinski definition) is 2. The summed E-state index contributed by atoms with van der Waals surface area (Å²) in [5.74, 6) is 0.485. The van der Waals surface area contributed by atoms with Crippen molar-refractivity contribution < 1.29 is 4.43 Å². The van der Waals surface area contributed by atoms with E-state index in [1.807, 2.05) is 0 Å². The third-order valence-corrected chi connectivity index (χ3v) is 0.675. The molecular formula is C4H6NOSi. The van der Waals surface area contributed by atoms with E-state index >= 15 is 0 Å². The van der Waals surface area contributed by atoms with E-state index in [0.29, 0.717) is 5.76 Å². The Morgan fingerprint density at radius 3 is 2.57 bits per heavy atom. The van der Waals surface area contributed by atoms with Crippen molar-refractivity contribution in [3.8, 4) is 0 Å². The van der Waals surface area contributed by atoms with E-state index in [2.05, 4.69) is 21.5 Å². The molecule has 0 aliphatic carbocycles. The molecule has 0 bridgehead atoms. The molecule has 0 unspecified atom stereocenters. The molecule has 0 heterocycles. The van der Waals surface area contributed by atoms with Crippen LogP contribution < -0.4 is 5.73 Å². The summed E-state index contributed by atoms with van der Waals surface area (Å²) in [6, 6.07) is 0. The van der Waals surface area contributed by atoms with Crippen LogP contribution in [-0.4, -0.2) is 10.5 Å². The van der Waals surface area contributed by atoms with Gasteiger partial charge in [0.15, 0.2) is 0 Å². The molecule has 2 N–H and O–H groups in total. The second kappa shape index (κ2) is 3.49. The van der Waals surface area contributed by atoms with Crippen molar-refractivity contribution in [1.82, 2.24) is 0 Å². The molecular weight excluding hydrogens is 106 g/mol. The van der Waals surface area contributed by atoms with Gasteiger partial charge in [-0.1, -0.05) is 6.58 Å². The van der Waals surface area contributed by atoms with Crippen LogP contribution >= 0.6 is 0 Å². The zero-order valence-corrected chi connectivity index (χ0v) is 4.85. The van der Waals surface area contributed by atoms with Crippen LogP contribution in [0.4, 0.5) is 0 Å². The largest absolute Gasteiger partial charge is 0.541 e. The smallest absolute Gasteiger partial charge is 0.341 e. The lowest BCUT2D eigenvalue weighted by Gasteiger charge is -1.91. The summed E-state index contributed by atoms with van der Waals surface area (Å²) in [5.41, 5.74) is 4.96. The summed E-state index contributed by atoms with van der Waals surface area (Å²) in [6.45, 7) is 3.43. The highest BCUT2D eigenvalue weighted by Gasteiger charge is 1.75. The van der Waals surface area contributed by atoms with Gasteiger partial charge in [-0.2, -0.15) is 0 Å². The average Bonchev–Trinajstić information content (AvgIpc) is 1.68. The van der Waals surface area contributed by atoms with Gasteiger partial charge < -0.3 is 10.2 Å². The lowest BCUT2D eigenvalue weighted by molar-refractivity contribution is 0.495. The van der Waals surface area contributed by atoms with Gasteiger partial charge in [-0.3, -0.25) is 0 Å². The normalized spacial score (nSPS) is 9.29. The first kappa shape index (κ1) is 6.30. The lowest BCUT2D eigenvalue weighted by atomic mass is 10.5. The molecule has 3 radical (unpaired) electrons. The van der Waals surface area contributed by atoms with Crippen molar-refractivity contribution in [2.45, 2.75) is 0 Å².